The van der Waals surface area contributed by atoms with Gasteiger partial charge in [0.05, 0.1) is 5.56 Å². The summed E-state index contributed by atoms with van der Waals surface area (Å²) in [6, 6.07) is 7.92. The number of pyridine rings is 1. The summed E-state index contributed by atoms with van der Waals surface area (Å²) in [5, 5.41) is 0. The van der Waals surface area contributed by atoms with E-state index >= 15 is 0 Å². The molecule has 0 unspecified atom stereocenters. The van der Waals surface area contributed by atoms with E-state index in [0.29, 0.717) is 16.7 Å². The van der Waals surface area contributed by atoms with Gasteiger partial charge in [-0.1, -0.05) is 32.0 Å². The van der Waals surface area contributed by atoms with Crippen LogP contribution in [0.3, 0.4) is 0 Å². The van der Waals surface area contributed by atoms with Gasteiger partial charge in [-0.25, -0.2) is 0 Å². The second-order valence-electron chi connectivity index (χ2n) is 4.70. The number of hydrogen-bond donors (Lipinski definition) is 0. The summed E-state index contributed by atoms with van der Waals surface area (Å²) in [6.45, 7) is 3.52. The number of rotatable bonds is 2. The minimum atomic E-state index is -4.34. The van der Waals surface area contributed by atoms with E-state index in [9.17, 15) is 13.2 Å². The highest BCUT2D eigenvalue weighted by Gasteiger charge is 2.34. The predicted octanol–water partition coefficient (Wildman–Crippen LogP) is 4.89. The zero-order chi connectivity index (χ0) is 14.0. The Balaban J connectivity index is 2.57. The molecule has 100 valence electrons. The van der Waals surface area contributed by atoms with Gasteiger partial charge in [0.15, 0.2) is 0 Å². The standard InChI is InChI=1S/C15H14F3N/c1-10(2)13-6-5-11(8-14(13)15(16,17)18)12-4-3-7-19-9-12/h3-10H,1-2H3. The molecule has 0 fully saturated rings. The lowest BCUT2D eigenvalue weighted by Gasteiger charge is -2.17. The van der Waals surface area contributed by atoms with Crippen molar-refractivity contribution in [1.82, 2.24) is 4.98 Å². The van der Waals surface area contributed by atoms with E-state index < -0.39 is 11.7 Å². The lowest BCUT2D eigenvalue weighted by atomic mass is 9.93. The maximum Gasteiger partial charge on any atom is 0.416 e. The van der Waals surface area contributed by atoms with Gasteiger partial charge in [0.1, 0.15) is 0 Å². The van der Waals surface area contributed by atoms with Crippen molar-refractivity contribution in [3.63, 3.8) is 0 Å². The molecule has 0 radical (unpaired) electrons. The number of aromatic nitrogens is 1. The Morgan fingerprint density at radius 3 is 2.32 bits per heavy atom. The maximum atomic E-state index is 13.1. The molecule has 1 nitrogen and oxygen atoms in total. The van der Waals surface area contributed by atoms with Crippen molar-refractivity contribution >= 4 is 0 Å². The van der Waals surface area contributed by atoms with Gasteiger partial charge in [-0.2, -0.15) is 13.2 Å². The SMILES string of the molecule is CC(C)c1ccc(-c2cccnc2)cc1C(F)(F)F. The Hall–Kier alpha value is -1.84. The topological polar surface area (TPSA) is 12.9 Å². The van der Waals surface area contributed by atoms with Crippen LogP contribution in [0.2, 0.25) is 0 Å². The average Bonchev–Trinajstić information content (AvgIpc) is 2.38. The van der Waals surface area contributed by atoms with Crippen molar-refractivity contribution in [2.45, 2.75) is 25.9 Å². The third kappa shape index (κ3) is 2.95. The number of alkyl halides is 3. The minimum absolute atomic E-state index is 0.167. The molecule has 0 aliphatic rings. The maximum absolute atomic E-state index is 13.1. The lowest BCUT2D eigenvalue weighted by molar-refractivity contribution is -0.138. The zero-order valence-electron chi connectivity index (χ0n) is 10.7. The second kappa shape index (κ2) is 5.03. The summed E-state index contributed by atoms with van der Waals surface area (Å²) in [7, 11) is 0. The largest absolute Gasteiger partial charge is 0.416 e. The molecule has 1 aromatic carbocycles. The van der Waals surface area contributed by atoms with Crippen LogP contribution in [-0.2, 0) is 6.18 Å². The van der Waals surface area contributed by atoms with Gasteiger partial charge >= 0.3 is 6.18 Å². The molecule has 2 aromatic rings. The molecule has 0 N–H and O–H groups in total. The van der Waals surface area contributed by atoms with Crippen molar-refractivity contribution < 1.29 is 13.2 Å². The summed E-state index contributed by atoms with van der Waals surface area (Å²) in [5.41, 5.74) is 0.970. The van der Waals surface area contributed by atoms with Crippen LogP contribution >= 0.6 is 0 Å². The van der Waals surface area contributed by atoms with E-state index in [1.165, 1.54) is 6.07 Å². The molecular formula is C15H14F3N. The smallest absolute Gasteiger partial charge is 0.264 e. The first kappa shape index (κ1) is 13.6. The molecule has 2 rings (SSSR count). The molecule has 0 atom stereocenters. The highest BCUT2D eigenvalue weighted by Crippen LogP contribution is 2.37. The Labute approximate surface area is 110 Å². The van der Waals surface area contributed by atoms with Crippen molar-refractivity contribution in [2.75, 3.05) is 0 Å². The van der Waals surface area contributed by atoms with Gasteiger partial charge in [-0.15, -0.1) is 0 Å². The van der Waals surface area contributed by atoms with Crippen LogP contribution in [0.15, 0.2) is 42.7 Å². The van der Waals surface area contributed by atoms with Crippen LogP contribution < -0.4 is 0 Å². The van der Waals surface area contributed by atoms with E-state index in [4.69, 9.17) is 0 Å². The summed E-state index contributed by atoms with van der Waals surface area (Å²) >= 11 is 0. The van der Waals surface area contributed by atoms with Gasteiger partial charge in [-0.05, 0) is 29.2 Å². The molecule has 0 saturated heterocycles. The van der Waals surface area contributed by atoms with E-state index in [1.54, 1.807) is 50.5 Å². The molecule has 19 heavy (non-hydrogen) atoms. The fourth-order valence-corrected chi connectivity index (χ4v) is 2.02. The fraction of sp³-hybridized carbons (Fsp3) is 0.267. The van der Waals surface area contributed by atoms with E-state index in [-0.39, 0.29) is 5.92 Å². The van der Waals surface area contributed by atoms with Crippen LogP contribution in [0.5, 0.6) is 0 Å². The first-order valence-corrected chi connectivity index (χ1v) is 6.01. The van der Waals surface area contributed by atoms with Crippen LogP contribution in [0.1, 0.15) is 30.9 Å². The first-order chi connectivity index (χ1) is 8.89. The lowest BCUT2D eigenvalue weighted by Crippen LogP contribution is -2.10. The highest BCUT2D eigenvalue weighted by atomic mass is 19.4. The molecule has 4 heteroatoms. The first-order valence-electron chi connectivity index (χ1n) is 6.01. The molecule has 0 aliphatic carbocycles. The third-order valence-corrected chi connectivity index (χ3v) is 2.98. The quantitative estimate of drug-likeness (QED) is 0.753. The van der Waals surface area contributed by atoms with Gasteiger partial charge < -0.3 is 0 Å². The Bertz CT molecular complexity index is 559. The van der Waals surface area contributed by atoms with Crippen molar-refractivity contribution in [2.24, 2.45) is 0 Å². The summed E-state index contributed by atoms with van der Waals surface area (Å²) in [5.74, 6) is -0.167. The summed E-state index contributed by atoms with van der Waals surface area (Å²) < 4.78 is 39.3. The van der Waals surface area contributed by atoms with Gasteiger partial charge in [0.2, 0.25) is 0 Å². The highest BCUT2D eigenvalue weighted by molar-refractivity contribution is 5.64. The Morgan fingerprint density at radius 1 is 1.05 bits per heavy atom. The monoisotopic (exact) mass is 265 g/mol. The average molecular weight is 265 g/mol. The molecule has 0 bridgehead atoms. The van der Waals surface area contributed by atoms with Crippen molar-refractivity contribution in [1.29, 1.82) is 0 Å². The number of halogens is 3. The molecule has 1 heterocycles. The van der Waals surface area contributed by atoms with Crippen LogP contribution in [0, 0.1) is 0 Å². The summed E-state index contributed by atoms with van der Waals surface area (Å²) in [4.78, 5) is 3.93. The Kier molecular flexibility index (Phi) is 3.60. The van der Waals surface area contributed by atoms with Crippen LogP contribution in [0.4, 0.5) is 13.2 Å². The van der Waals surface area contributed by atoms with Crippen molar-refractivity contribution in [3.8, 4) is 11.1 Å². The molecule has 0 aliphatic heterocycles. The second-order valence-corrected chi connectivity index (χ2v) is 4.70. The van der Waals surface area contributed by atoms with Gasteiger partial charge in [-0.3, -0.25) is 4.98 Å². The molecule has 1 aromatic heterocycles. The molecule has 0 spiro atoms. The van der Waals surface area contributed by atoms with Crippen molar-refractivity contribution in [3.05, 3.63) is 53.9 Å². The minimum Gasteiger partial charge on any atom is -0.264 e. The van der Waals surface area contributed by atoms with E-state index in [0.717, 1.165) is 0 Å². The van der Waals surface area contributed by atoms with Crippen LogP contribution in [-0.4, -0.2) is 4.98 Å². The van der Waals surface area contributed by atoms with Gasteiger partial charge in [0.25, 0.3) is 0 Å². The zero-order valence-corrected chi connectivity index (χ0v) is 10.7. The molecule has 0 amide bonds. The van der Waals surface area contributed by atoms with E-state index in [1.807, 2.05) is 0 Å². The molecule has 0 saturated carbocycles. The molecular weight excluding hydrogens is 251 g/mol. The number of nitrogens with zero attached hydrogens (tertiary/aromatic N) is 1. The van der Waals surface area contributed by atoms with E-state index in [2.05, 4.69) is 4.98 Å². The predicted molar refractivity (Wildman–Crippen MR) is 68.8 cm³/mol. The van der Waals surface area contributed by atoms with Gasteiger partial charge in [0, 0.05) is 18.0 Å². The Morgan fingerprint density at radius 2 is 1.79 bits per heavy atom. The number of benzene rings is 1. The fourth-order valence-electron chi connectivity index (χ4n) is 2.02. The normalized spacial score (nSPS) is 11.9. The number of hydrogen-bond acceptors (Lipinski definition) is 1. The van der Waals surface area contributed by atoms with Crippen LogP contribution in [0.25, 0.3) is 11.1 Å². The third-order valence-electron chi connectivity index (χ3n) is 2.98. The summed E-state index contributed by atoms with van der Waals surface area (Å²) in [6.07, 6.45) is -1.18.